The van der Waals surface area contributed by atoms with Gasteiger partial charge in [-0.05, 0) is 17.0 Å². The zero-order valence-corrected chi connectivity index (χ0v) is 15.6. The molecule has 0 saturated carbocycles. The van der Waals surface area contributed by atoms with Gasteiger partial charge < -0.3 is 5.11 Å². The number of ketones is 1. The van der Waals surface area contributed by atoms with Crippen LogP contribution in [0.25, 0.3) is 0 Å². The molecule has 0 unspecified atom stereocenters. The molecule has 1 aliphatic rings. The van der Waals surface area contributed by atoms with Gasteiger partial charge in [0.2, 0.25) is 5.78 Å². The van der Waals surface area contributed by atoms with Crippen LogP contribution < -0.4 is 4.90 Å². The van der Waals surface area contributed by atoms with Gasteiger partial charge in [0.05, 0.1) is 21.4 Å². The largest absolute Gasteiger partial charge is 0.503 e. The molecule has 140 valence electrons. The number of nitro benzene ring substituents is 1. The molecule has 0 spiro atoms. The monoisotopic (exact) mass is 413 g/mol. The van der Waals surface area contributed by atoms with Crippen molar-refractivity contribution in [2.75, 3.05) is 4.90 Å². The van der Waals surface area contributed by atoms with Crippen LogP contribution in [-0.2, 0) is 4.79 Å². The summed E-state index contributed by atoms with van der Waals surface area (Å²) in [7, 11) is 0. The van der Waals surface area contributed by atoms with E-state index in [2.05, 4.69) is 4.98 Å². The number of hydrogen-bond acceptors (Lipinski definition) is 8. The fourth-order valence-corrected chi connectivity index (χ4v) is 4.38. The Balaban J connectivity index is 1.90. The van der Waals surface area contributed by atoms with Crippen molar-refractivity contribution in [3.8, 4) is 0 Å². The van der Waals surface area contributed by atoms with Crippen LogP contribution in [0.1, 0.15) is 21.3 Å². The molecule has 1 aliphatic heterocycles. The van der Waals surface area contributed by atoms with Gasteiger partial charge in [-0.25, -0.2) is 4.98 Å². The summed E-state index contributed by atoms with van der Waals surface area (Å²) in [5.41, 5.74) is 0.0307. The Labute approximate surface area is 166 Å². The Hall–Kier alpha value is -3.37. The number of thiophene rings is 1. The maximum Gasteiger partial charge on any atom is 0.296 e. The molecule has 1 N–H and O–H groups in total. The van der Waals surface area contributed by atoms with Gasteiger partial charge in [0.15, 0.2) is 10.9 Å². The summed E-state index contributed by atoms with van der Waals surface area (Å²) in [6.45, 7) is 0. The van der Waals surface area contributed by atoms with E-state index in [0.717, 1.165) is 11.3 Å². The third-order valence-electron chi connectivity index (χ3n) is 4.22. The molecule has 28 heavy (non-hydrogen) atoms. The van der Waals surface area contributed by atoms with Gasteiger partial charge in [0.25, 0.3) is 11.6 Å². The van der Waals surface area contributed by atoms with Crippen LogP contribution in [0.5, 0.6) is 0 Å². The SMILES string of the molecule is O=C(C1=C(O)C(=O)N(c2nccs2)[C@@H]1c1cccc([N+](=O)[O-])c1)c1cccs1. The van der Waals surface area contributed by atoms with Crippen LogP contribution in [0.4, 0.5) is 10.8 Å². The number of aromatic nitrogens is 1. The van der Waals surface area contributed by atoms with E-state index in [9.17, 15) is 24.8 Å². The van der Waals surface area contributed by atoms with E-state index in [1.165, 1.54) is 40.6 Å². The summed E-state index contributed by atoms with van der Waals surface area (Å²) in [5, 5.41) is 25.4. The topological polar surface area (TPSA) is 114 Å². The highest BCUT2D eigenvalue weighted by Crippen LogP contribution is 2.43. The molecule has 3 heterocycles. The Morgan fingerprint density at radius 2 is 2.04 bits per heavy atom. The summed E-state index contributed by atoms with van der Waals surface area (Å²) in [6, 6.07) is 7.92. The second kappa shape index (κ2) is 6.98. The van der Waals surface area contributed by atoms with Gasteiger partial charge in [-0.3, -0.25) is 24.6 Å². The molecule has 0 aliphatic carbocycles. The molecule has 4 rings (SSSR count). The minimum Gasteiger partial charge on any atom is -0.503 e. The van der Waals surface area contributed by atoms with E-state index in [1.54, 1.807) is 29.0 Å². The van der Waals surface area contributed by atoms with Crippen molar-refractivity contribution in [2.45, 2.75) is 6.04 Å². The number of thiazole rings is 1. The van der Waals surface area contributed by atoms with Gasteiger partial charge in [0, 0.05) is 23.7 Å². The minimum atomic E-state index is -1.02. The summed E-state index contributed by atoms with van der Waals surface area (Å²) in [6.07, 6.45) is 1.49. The van der Waals surface area contributed by atoms with Crippen LogP contribution >= 0.6 is 22.7 Å². The number of nitro groups is 1. The maximum atomic E-state index is 13.0. The third-order valence-corrected chi connectivity index (χ3v) is 5.86. The standard InChI is InChI=1S/C18H11N3O5S2/c22-15(12-5-2-7-27-12)13-14(10-3-1-4-11(9-10)21(25)26)20(17(24)16(13)23)18-19-6-8-28-18/h1-9,14,23H/t14-/m1/s1. The average Bonchev–Trinajstić information content (AvgIpc) is 3.43. The number of aliphatic hydroxyl groups is 1. The van der Waals surface area contributed by atoms with Gasteiger partial charge in [-0.1, -0.05) is 18.2 Å². The Kier molecular flexibility index (Phi) is 4.49. The second-order valence-electron chi connectivity index (χ2n) is 5.81. The maximum absolute atomic E-state index is 13.0. The Morgan fingerprint density at radius 3 is 2.68 bits per heavy atom. The summed E-state index contributed by atoms with van der Waals surface area (Å²) >= 11 is 2.34. The molecule has 1 aromatic carbocycles. The number of carbonyl (C=O) groups excluding carboxylic acids is 2. The van der Waals surface area contributed by atoms with E-state index in [4.69, 9.17) is 0 Å². The number of Topliss-reactive ketones (excluding diaryl/α,β-unsaturated/α-hetero) is 1. The molecule has 1 amide bonds. The molecular weight excluding hydrogens is 402 g/mol. The Morgan fingerprint density at radius 1 is 1.21 bits per heavy atom. The van der Waals surface area contributed by atoms with E-state index in [-0.39, 0.29) is 16.4 Å². The van der Waals surface area contributed by atoms with Crippen molar-refractivity contribution in [1.29, 1.82) is 0 Å². The van der Waals surface area contributed by atoms with Crippen LogP contribution in [0.15, 0.2) is 64.7 Å². The molecule has 8 nitrogen and oxygen atoms in total. The fraction of sp³-hybridized carbons (Fsp3) is 0.0556. The van der Waals surface area contributed by atoms with E-state index >= 15 is 0 Å². The lowest BCUT2D eigenvalue weighted by molar-refractivity contribution is -0.384. The first-order chi connectivity index (χ1) is 13.5. The number of amides is 1. The molecule has 10 heteroatoms. The predicted molar refractivity (Wildman–Crippen MR) is 104 cm³/mol. The number of rotatable bonds is 5. The molecule has 0 saturated heterocycles. The number of benzene rings is 1. The Bertz CT molecular complexity index is 1110. The molecule has 0 bridgehead atoms. The van der Waals surface area contributed by atoms with Gasteiger partial charge >= 0.3 is 0 Å². The smallest absolute Gasteiger partial charge is 0.296 e. The quantitative estimate of drug-likeness (QED) is 0.386. The lowest BCUT2D eigenvalue weighted by Gasteiger charge is -2.24. The van der Waals surface area contributed by atoms with E-state index in [0.29, 0.717) is 10.4 Å². The van der Waals surface area contributed by atoms with Crippen LogP contribution in [0, 0.1) is 10.1 Å². The van der Waals surface area contributed by atoms with Crippen LogP contribution in [-0.4, -0.2) is 26.7 Å². The number of anilines is 1. The second-order valence-corrected chi connectivity index (χ2v) is 7.63. The first-order valence-corrected chi connectivity index (χ1v) is 9.73. The number of aliphatic hydroxyl groups excluding tert-OH is 1. The summed E-state index contributed by atoms with van der Waals surface area (Å²) in [5.74, 6) is -1.95. The molecule has 0 radical (unpaired) electrons. The van der Waals surface area contributed by atoms with Gasteiger partial charge in [-0.15, -0.1) is 22.7 Å². The van der Waals surface area contributed by atoms with Crippen LogP contribution in [0.3, 0.4) is 0 Å². The fourth-order valence-electron chi connectivity index (χ4n) is 3.03. The van der Waals surface area contributed by atoms with Crippen molar-refractivity contribution >= 4 is 45.2 Å². The first kappa shape index (κ1) is 18.0. The van der Waals surface area contributed by atoms with Crippen molar-refractivity contribution in [1.82, 2.24) is 4.98 Å². The van der Waals surface area contributed by atoms with Crippen molar-refractivity contribution in [3.63, 3.8) is 0 Å². The molecular formula is C18H11N3O5S2. The van der Waals surface area contributed by atoms with Crippen LogP contribution in [0.2, 0.25) is 0 Å². The number of hydrogen-bond donors (Lipinski definition) is 1. The zero-order valence-electron chi connectivity index (χ0n) is 14.0. The number of carbonyl (C=O) groups is 2. The van der Waals surface area contributed by atoms with E-state index < -0.39 is 28.4 Å². The number of non-ortho nitro benzene ring substituents is 1. The number of nitrogens with zero attached hydrogens (tertiary/aromatic N) is 3. The lowest BCUT2D eigenvalue weighted by Crippen LogP contribution is -2.30. The average molecular weight is 413 g/mol. The molecule has 0 fully saturated rings. The van der Waals surface area contributed by atoms with E-state index in [1.807, 2.05) is 0 Å². The highest BCUT2D eigenvalue weighted by molar-refractivity contribution is 7.14. The minimum absolute atomic E-state index is 0.122. The molecule has 2 aromatic heterocycles. The summed E-state index contributed by atoms with van der Waals surface area (Å²) < 4.78 is 0. The normalized spacial score (nSPS) is 16.6. The van der Waals surface area contributed by atoms with Crippen molar-refractivity contribution in [3.05, 3.63) is 85.2 Å². The lowest BCUT2D eigenvalue weighted by atomic mass is 9.95. The van der Waals surface area contributed by atoms with Gasteiger partial charge in [0.1, 0.15) is 0 Å². The van der Waals surface area contributed by atoms with Crippen molar-refractivity contribution in [2.24, 2.45) is 0 Å². The van der Waals surface area contributed by atoms with Crippen molar-refractivity contribution < 1.29 is 19.6 Å². The molecule has 1 atom stereocenters. The highest BCUT2D eigenvalue weighted by atomic mass is 32.1. The predicted octanol–water partition coefficient (Wildman–Crippen LogP) is 3.90. The van der Waals surface area contributed by atoms with Gasteiger partial charge in [-0.2, -0.15) is 0 Å². The molecule has 3 aromatic rings. The zero-order chi connectivity index (χ0) is 19.8. The summed E-state index contributed by atoms with van der Waals surface area (Å²) in [4.78, 5) is 42.1. The highest BCUT2D eigenvalue weighted by Gasteiger charge is 2.46. The third kappa shape index (κ3) is 2.88. The first-order valence-electron chi connectivity index (χ1n) is 7.97.